The summed E-state index contributed by atoms with van der Waals surface area (Å²) in [5.74, 6) is 0.440. The minimum atomic E-state index is -1.18. The van der Waals surface area contributed by atoms with Gasteiger partial charge < -0.3 is 24.8 Å². The van der Waals surface area contributed by atoms with Gasteiger partial charge in [0.15, 0.2) is 0 Å². The summed E-state index contributed by atoms with van der Waals surface area (Å²) in [6, 6.07) is 14.2. The lowest BCUT2D eigenvalue weighted by atomic mass is 9.71. The van der Waals surface area contributed by atoms with E-state index in [0.29, 0.717) is 16.8 Å². The summed E-state index contributed by atoms with van der Waals surface area (Å²) in [4.78, 5) is 2.04. The number of hydrogen-bond acceptors (Lipinski definition) is 5. The van der Waals surface area contributed by atoms with E-state index in [2.05, 4.69) is 6.07 Å². The van der Waals surface area contributed by atoms with Crippen LogP contribution in [0.5, 0.6) is 17.2 Å². The van der Waals surface area contributed by atoms with Crippen LogP contribution in [0, 0.1) is 0 Å². The van der Waals surface area contributed by atoms with Gasteiger partial charge in [-0.05, 0) is 52.7 Å². The Morgan fingerprint density at radius 2 is 1.65 bits per heavy atom. The van der Waals surface area contributed by atoms with Crippen LogP contribution in [0.3, 0.4) is 0 Å². The number of rotatable bonds is 2. The summed E-state index contributed by atoms with van der Waals surface area (Å²) in [7, 11) is 2.80. The lowest BCUT2D eigenvalue weighted by Gasteiger charge is -2.23. The molecule has 0 amide bonds. The molecule has 1 heterocycles. The Hall–Kier alpha value is -3.12. The molecule has 0 aromatic heterocycles. The number of anilines is 1. The van der Waals surface area contributed by atoms with Crippen LogP contribution in [-0.2, 0) is 0 Å². The lowest BCUT2D eigenvalue weighted by Crippen LogP contribution is -2.27. The highest BCUT2D eigenvalue weighted by molar-refractivity contribution is 6.70. The van der Waals surface area contributed by atoms with E-state index in [4.69, 9.17) is 4.65 Å². The first-order chi connectivity index (χ1) is 12.4. The average molecular weight is 347 g/mol. The molecule has 0 saturated carbocycles. The second-order valence-corrected chi connectivity index (χ2v) is 6.59. The van der Waals surface area contributed by atoms with E-state index in [1.165, 1.54) is 18.2 Å². The van der Waals surface area contributed by atoms with Crippen molar-refractivity contribution < 1.29 is 19.9 Å². The summed E-state index contributed by atoms with van der Waals surface area (Å²) < 4.78 is 5.68. The van der Waals surface area contributed by atoms with Gasteiger partial charge in [-0.3, -0.25) is 0 Å². The number of nitrogens with zero attached hydrogens (tertiary/aromatic N) is 1. The van der Waals surface area contributed by atoms with Gasteiger partial charge in [0.05, 0.1) is 0 Å². The van der Waals surface area contributed by atoms with Gasteiger partial charge >= 0.3 is 7.12 Å². The number of phenolic OH excluding ortho intramolecular Hbond substituents is 2. The van der Waals surface area contributed by atoms with Crippen molar-refractivity contribution in [3.63, 3.8) is 0 Å². The first-order valence-electron chi connectivity index (χ1n) is 8.26. The van der Waals surface area contributed by atoms with E-state index in [9.17, 15) is 15.2 Å². The van der Waals surface area contributed by atoms with Gasteiger partial charge in [-0.15, -0.1) is 0 Å². The molecule has 0 bridgehead atoms. The second-order valence-electron chi connectivity index (χ2n) is 6.59. The minimum Gasteiger partial charge on any atom is -0.532 e. The lowest BCUT2D eigenvalue weighted by molar-refractivity contribution is 0.432. The van der Waals surface area contributed by atoms with Gasteiger partial charge in [0.2, 0.25) is 0 Å². The Bertz CT molecular complexity index is 1030. The SMILES string of the molecule is CN(C)c1ccc2c3c(ccc2c1)OB(O)C(c1cc(O)cc(O)c1)=C3. The Kier molecular flexibility index (Phi) is 3.78. The van der Waals surface area contributed by atoms with E-state index in [0.717, 1.165) is 22.0 Å². The quantitative estimate of drug-likeness (QED) is 0.621. The molecule has 3 N–H and O–H groups in total. The molecule has 5 nitrogen and oxygen atoms in total. The molecular weight excluding hydrogens is 329 g/mol. The summed E-state index contributed by atoms with van der Waals surface area (Å²) in [6.07, 6.45) is 1.84. The fraction of sp³-hybridized carbons (Fsp3) is 0.100. The average Bonchev–Trinajstić information content (AvgIpc) is 2.59. The number of fused-ring (bicyclic) bond motifs is 3. The molecule has 0 saturated heterocycles. The van der Waals surface area contributed by atoms with Crippen LogP contribution in [0.4, 0.5) is 5.69 Å². The molecule has 130 valence electrons. The summed E-state index contributed by atoms with van der Waals surface area (Å²) in [6.45, 7) is 0. The van der Waals surface area contributed by atoms with E-state index < -0.39 is 7.12 Å². The van der Waals surface area contributed by atoms with Crippen molar-refractivity contribution in [1.29, 1.82) is 0 Å². The third-order valence-electron chi connectivity index (χ3n) is 4.56. The highest BCUT2D eigenvalue weighted by Crippen LogP contribution is 2.38. The minimum absolute atomic E-state index is 0.0764. The predicted octanol–water partition coefficient (Wildman–Crippen LogP) is 3.27. The number of phenols is 2. The Labute approximate surface area is 151 Å². The molecule has 3 aromatic carbocycles. The highest BCUT2D eigenvalue weighted by Gasteiger charge is 2.30. The standard InChI is InChI=1S/C20H18BNO4/c1-22(2)14-4-5-17-12(7-14)3-6-20-18(17)11-19(21(25)26-20)13-8-15(23)10-16(24)9-13/h3-11,23-25H,1-2H3. The zero-order valence-electron chi connectivity index (χ0n) is 14.5. The fourth-order valence-corrected chi connectivity index (χ4v) is 3.25. The van der Waals surface area contributed by atoms with Crippen molar-refractivity contribution >= 4 is 35.1 Å². The zero-order valence-corrected chi connectivity index (χ0v) is 14.5. The summed E-state index contributed by atoms with van der Waals surface area (Å²) >= 11 is 0. The topological polar surface area (TPSA) is 73.2 Å². The van der Waals surface area contributed by atoms with Crippen LogP contribution in [0.15, 0.2) is 48.5 Å². The van der Waals surface area contributed by atoms with E-state index in [1.54, 1.807) is 0 Å². The maximum Gasteiger partial charge on any atom is 0.560 e. The Balaban J connectivity index is 1.91. The van der Waals surface area contributed by atoms with Crippen LogP contribution in [0.25, 0.3) is 22.3 Å². The smallest absolute Gasteiger partial charge is 0.532 e. The molecular formula is C20H18BNO4. The van der Waals surface area contributed by atoms with Crippen molar-refractivity contribution in [3.8, 4) is 17.2 Å². The molecule has 0 unspecified atom stereocenters. The van der Waals surface area contributed by atoms with Crippen LogP contribution in [-0.4, -0.2) is 36.5 Å². The Morgan fingerprint density at radius 3 is 2.35 bits per heavy atom. The maximum atomic E-state index is 10.4. The van der Waals surface area contributed by atoms with E-state index in [-0.39, 0.29) is 11.5 Å². The molecule has 0 fully saturated rings. The number of benzene rings is 3. The van der Waals surface area contributed by atoms with Crippen molar-refractivity contribution in [2.24, 2.45) is 0 Å². The molecule has 0 atom stereocenters. The summed E-state index contributed by atoms with van der Waals surface area (Å²) in [5, 5.41) is 31.9. The van der Waals surface area contributed by atoms with E-state index >= 15 is 0 Å². The van der Waals surface area contributed by atoms with Crippen LogP contribution < -0.4 is 9.55 Å². The van der Waals surface area contributed by atoms with Crippen LogP contribution in [0.2, 0.25) is 0 Å². The van der Waals surface area contributed by atoms with Crippen molar-refractivity contribution in [2.75, 3.05) is 19.0 Å². The molecule has 1 aliphatic rings. The van der Waals surface area contributed by atoms with Gasteiger partial charge in [0.1, 0.15) is 17.2 Å². The van der Waals surface area contributed by atoms with Gasteiger partial charge in [0, 0.05) is 36.9 Å². The molecule has 0 spiro atoms. The predicted molar refractivity (Wildman–Crippen MR) is 105 cm³/mol. The fourth-order valence-electron chi connectivity index (χ4n) is 3.25. The van der Waals surface area contributed by atoms with Gasteiger partial charge in [-0.2, -0.15) is 0 Å². The normalized spacial score (nSPS) is 13.2. The Morgan fingerprint density at radius 1 is 0.923 bits per heavy atom. The molecule has 6 heteroatoms. The van der Waals surface area contributed by atoms with Gasteiger partial charge in [-0.1, -0.05) is 12.1 Å². The second kappa shape index (κ2) is 6.00. The third-order valence-corrected chi connectivity index (χ3v) is 4.56. The van der Waals surface area contributed by atoms with Gasteiger partial charge in [-0.25, -0.2) is 0 Å². The maximum absolute atomic E-state index is 10.4. The van der Waals surface area contributed by atoms with Crippen LogP contribution >= 0.6 is 0 Å². The van der Waals surface area contributed by atoms with Gasteiger partial charge in [0.25, 0.3) is 0 Å². The molecule has 26 heavy (non-hydrogen) atoms. The van der Waals surface area contributed by atoms with Crippen molar-refractivity contribution in [2.45, 2.75) is 0 Å². The number of aromatic hydroxyl groups is 2. The molecule has 4 rings (SSSR count). The monoisotopic (exact) mass is 347 g/mol. The van der Waals surface area contributed by atoms with Crippen molar-refractivity contribution in [1.82, 2.24) is 0 Å². The molecule has 1 aliphatic heterocycles. The summed E-state index contributed by atoms with van der Waals surface area (Å²) in [5.41, 5.74) is 2.93. The largest absolute Gasteiger partial charge is 0.560 e. The third kappa shape index (κ3) is 2.74. The molecule has 3 aromatic rings. The first kappa shape index (κ1) is 16.4. The van der Waals surface area contributed by atoms with E-state index in [1.807, 2.05) is 49.3 Å². The highest BCUT2D eigenvalue weighted by atomic mass is 16.5. The molecule has 0 radical (unpaired) electrons. The van der Waals surface area contributed by atoms with Crippen molar-refractivity contribution in [3.05, 3.63) is 59.7 Å². The zero-order chi connectivity index (χ0) is 18.4. The first-order valence-corrected chi connectivity index (χ1v) is 8.26. The van der Waals surface area contributed by atoms with Crippen LogP contribution in [0.1, 0.15) is 11.1 Å². The number of hydrogen-bond donors (Lipinski definition) is 3. The molecule has 0 aliphatic carbocycles.